The molecule has 4 rings (SSSR count). The predicted molar refractivity (Wildman–Crippen MR) is 189 cm³/mol. The minimum Gasteiger partial charge on any atom is -0.354 e. The van der Waals surface area contributed by atoms with Gasteiger partial charge in [-0.3, -0.25) is 14.4 Å². The lowest BCUT2D eigenvalue weighted by atomic mass is 9.98. The summed E-state index contributed by atoms with van der Waals surface area (Å²) in [4.78, 5) is 45.7. The van der Waals surface area contributed by atoms with Gasteiger partial charge in [0, 0.05) is 43.9 Å². The Balaban J connectivity index is 1.59. The van der Waals surface area contributed by atoms with Crippen molar-refractivity contribution in [3.05, 3.63) is 118 Å². The van der Waals surface area contributed by atoms with E-state index in [9.17, 15) is 14.4 Å². The molecule has 0 radical (unpaired) electrons. The van der Waals surface area contributed by atoms with E-state index in [2.05, 4.69) is 30.5 Å². The number of nitrogens with zero attached hydrogens (tertiary/aromatic N) is 2. The zero-order chi connectivity index (χ0) is 33.1. The van der Waals surface area contributed by atoms with Crippen molar-refractivity contribution >= 4 is 39.8 Å². The normalized spacial score (nSPS) is 13.0. The Labute approximate surface area is 277 Å². The molecule has 2 atom stereocenters. The van der Waals surface area contributed by atoms with Gasteiger partial charge in [0.15, 0.2) is 0 Å². The molecule has 4 aromatic rings. The SMILES string of the molecule is CNC(C)(C)C/C=C/C(=O)N(C)C(Cc1ccc2ccccc2c1)C(=O)N(C)C(Cc1cccs1)C(=O)NCCc1ccccc1. The van der Waals surface area contributed by atoms with Crippen LogP contribution in [0.5, 0.6) is 0 Å². The molecule has 0 spiro atoms. The van der Waals surface area contributed by atoms with Gasteiger partial charge < -0.3 is 20.4 Å². The van der Waals surface area contributed by atoms with Crippen LogP contribution < -0.4 is 10.6 Å². The number of rotatable bonds is 15. The maximum Gasteiger partial charge on any atom is 0.246 e. The first-order valence-corrected chi connectivity index (χ1v) is 16.7. The largest absolute Gasteiger partial charge is 0.354 e. The molecule has 0 fully saturated rings. The summed E-state index contributed by atoms with van der Waals surface area (Å²) in [7, 11) is 5.23. The number of nitrogens with one attached hydrogen (secondary N) is 2. The molecule has 1 aromatic heterocycles. The Morgan fingerprint density at radius 2 is 1.54 bits per heavy atom. The number of likely N-dealkylation sites (N-methyl/N-ethyl adjacent to an activating group) is 2. The highest BCUT2D eigenvalue weighted by atomic mass is 32.1. The number of amides is 3. The Morgan fingerprint density at radius 3 is 2.24 bits per heavy atom. The van der Waals surface area contributed by atoms with Crippen molar-refractivity contribution in [2.75, 3.05) is 27.7 Å². The van der Waals surface area contributed by atoms with Gasteiger partial charge >= 0.3 is 0 Å². The van der Waals surface area contributed by atoms with E-state index in [0.29, 0.717) is 32.2 Å². The lowest BCUT2D eigenvalue weighted by Gasteiger charge is -2.34. The van der Waals surface area contributed by atoms with Crippen LogP contribution in [0.1, 0.15) is 36.3 Å². The Hall–Kier alpha value is -4.27. The Bertz CT molecular complexity index is 1620. The van der Waals surface area contributed by atoms with E-state index in [1.807, 2.05) is 97.4 Å². The molecule has 3 aromatic carbocycles. The van der Waals surface area contributed by atoms with E-state index in [4.69, 9.17) is 0 Å². The molecular weight excluding hydrogens is 593 g/mol. The first-order valence-electron chi connectivity index (χ1n) is 15.8. The second-order valence-corrected chi connectivity index (χ2v) is 13.4. The summed E-state index contributed by atoms with van der Waals surface area (Å²) < 4.78 is 0. The zero-order valence-electron chi connectivity index (χ0n) is 27.5. The number of hydrogen-bond acceptors (Lipinski definition) is 5. The van der Waals surface area contributed by atoms with Crippen molar-refractivity contribution in [1.82, 2.24) is 20.4 Å². The third-order valence-corrected chi connectivity index (χ3v) is 9.46. The predicted octanol–water partition coefficient (Wildman–Crippen LogP) is 5.64. The molecule has 7 nitrogen and oxygen atoms in total. The second kappa shape index (κ2) is 16.3. The summed E-state index contributed by atoms with van der Waals surface area (Å²) >= 11 is 1.56. The van der Waals surface area contributed by atoms with Gasteiger partial charge in [0.2, 0.25) is 17.7 Å². The van der Waals surface area contributed by atoms with Crippen LogP contribution in [-0.4, -0.2) is 72.8 Å². The van der Waals surface area contributed by atoms with Crippen LogP contribution in [0.25, 0.3) is 10.8 Å². The molecule has 0 saturated carbocycles. The molecule has 8 heteroatoms. The Kier molecular flexibility index (Phi) is 12.3. The van der Waals surface area contributed by atoms with Crippen LogP contribution in [-0.2, 0) is 33.6 Å². The quantitative estimate of drug-likeness (QED) is 0.165. The number of carbonyl (C=O) groups is 3. The van der Waals surface area contributed by atoms with Gasteiger partial charge in [-0.2, -0.15) is 0 Å². The summed E-state index contributed by atoms with van der Waals surface area (Å²) in [6.45, 7) is 4.58. The van der Waals surface area contributed by atoms with Crippen molar-refractivity contribution in [3.8, 4) is 0 Å². The smallest absolute Gasteiger partial charge is 0.246 e. The average molecular weight is 639 g/mol. The van der Waals surface area contributed by atoms with Crippen molar-refractivity contribution in [1.29, 1.82) is 0 Å². The van der Waals surface area contributed by atoms with Crippen molar-refractivity contribution < 1.29 is 14.4 Å². The van der Waals surface area contributed by atoms with E-state index in [0.717, 1.165) is 26.8 Å². The number of fused-ring (bicyclic) bond motifs is 1. The molecule has 2 unspecified atom stereocenters. The minimum atomic E-state index is -0.816. The van der Waals surface area contributed by atoms with Gasteiger partial charge in [0.25, 0.3) is 0 Å². The van der Waals surface area contributed by atoms with Gasteiger partial charge in [-0.05, 0) is 73.2 Å². The van der Waals surface area contributed by atoms with Gasteiger partial charge in [-0.1, -0.05) is 84.9 Å². The highest BCUT2D eigenvalue weighted by Gasteiger charge is 2.35. The molecule has 0 saturated heterocycles. The molecule has 1 heterocycles. The standard InChI is InChI=1S/C38H46N4O3S/c1-38(2,39-3)22-11-18-35(43)41(4)34(26-29-19-20-30-15-9-10-16-31(30)25-29)37(45)42(5)33(27-32-17-12-24-46-32)36(44)40-23-21-28-13-7-6-8-14-28/h6-20,24-25,33-34,39H,21-23,26-27H2,1-5H3,(H,40,44)/b18-11+. The van der Waals surface area contributed by atoms with Gasteiger partial charge in [0.05, 0.1) is 0 Å². The molecule has 0 aliphatic heterocycles. The number of carbonyl (C=O) groups excluding carboxylic acids is 3. The zero-order valence-corrected chi connectivity index (χ0v) is 28.3. The van der Waals surface area contributed by atoms with E-state index in [1.165, 1.54) is 9.80 Å². The molecule has 46 heavy (non-hydrogen) atoms. The summed E-state index contributed by atoms with van der Waals surface area (Å²) in [6, 6.07) is 26.5. The first-order chi connectivity index (χ1) is 22.1. The summed E-state index contributed by atoms with van der Waals surface area (Å²) in [5.74, 6) is -0.762. The van der Waals surface area contributed by atoms with E-state index in [1.54, 1.807) is 31.5 Å². The van der Waals surface area contributed by atoms with E-state index in [-0.39, 0.29) is 23.3 Å². The maximum absolute atomic E-state index is 14.4. The highest BCUT2D eigenvalue weighted by molar-refractivity contribution is 7.09. The second-order valence-electron chi connectivity index (χ2n) is 12.4. The van der Waals surface area contributed by atoms with Crippen LogP contribution in [0.15, 0.2) is 102 Å². The first kappa shape index (κ1) is 34.6. The molecule has 2 N–H and O–H groups in total. The highest BCUT2D eigenvalue weighted by Crippen LogP contribution is 2.21. The maximum atomic E-state index is 14.4. The van der Waals surface area contributed by atoms with Crippen LogP contribution in [0.4, 0.5) is 0 Å². The fourth-order valence-electron chi connectivity index (χ4n) is 5.31. The molecular formula is C38H46N4O3S. The van der Waals surface area contributed by atoms with Gasteiger partial charge in [0.1, 0.15) is 12.1 Å². The summed E-state index contributed by atoms with van der Waals surface area (Å²) in [5, 5.41) is 10.4. The van der Waals surface area contributed by atoms with Crippen molar-refractivity contribution in [3.63, 3.8) is 0 Å². The number of benzene rings is 3. The van der Waals surface area contributed by atoms with Crippen LogP contribution >= 0.6 is 11.3 Å². The van der Waals surface area contributed by atoms with E-state index >= 15 is 0 Å². The van der Waals surface area contributed by atoms with Crippen LogP contribution in [0.2, 0.25) is 0 Å². The molecule has 0 aliphatic carbocycles. The molecule has 242 valence electrons. The molecule has 0 bridgehead atoms. The summed E-state index contributed by atoms with van der Waals surface area (Å²) in [6.07, 6.45) is 5.42. The number of thiophene rings is 1. The third kappa shape index (κ3) is 9.61. The van der Waals surface area contributed by atoms with Gasteiger partial charge in [-0.15, -0.1) is 11.3 Å². The van der Waals surface area contributed by atoms with Crippen molar-refractivity contribution in [2.45, 2.75) is 57.2 Å². The fraction of sp³-hybridized carbons (Fsp3) is 0.342. The topological polar surface area (TPSA) is 81.8 Å². The molecule has 3 amide bonds. The summed E-state index contributed by atoms with van der Waals surface area (Å²) in [5.41, 5.74) is 1.90. The minimum absolute atomic E-state index is 0.168. The van der Waals surface area contributed by atoms with Crippen molar-refractivity contribution in [2.24, 2.45) is 0 Å². The van der Waals surface area contributed by atoms with Crippen LogP contribution in [0, 0.1) is 0 Å². The average Bonchev–Trinajstić information content (AvgIpc) is 3.59. The lowest BCUT2D eigenvalue weighted by molar-refractivity contribution is -0.146. The number of hydrogen-bond donors (Lipinski definition) is 2. The van der Waals surface area contributed by atoms with Gasteiger partial charge in [-0.25, -0.2) is 0 Å². The Morgan fingerprint density at radius 1 is 0.826 bits per heavy atom. The molecule has 0 aliphatic rings. The van der Waals surface area contributed by atoms with Crippen LogP contribution in [0.3, 0.4) is 0 Å². The van der Waals surface area contributed by atoms with E-state index < -0.39 is 12.1 Å². The fourth-order valence-corrected chi connectivity index (χ4v) is 6.06. The monoisotopic (exact) mass is 638 g/mol. The third-order valence-electron chi connectivity index (χ3n) is 8.56. The lowest BCUT2D eigenvalue weighted by Crippen LogP contribution is -2.56.